The molecular weight excluding hydrogens is 2100 g/mol. The topological polar surface area (TPSA) is 1250 Å². The maximum atomic E-state index is 0. The molecule has 0 radical (unpaired) electrons. The third-order valence-corrected chi connectivity index (χ3v) is 0. The average Bonchev–Trinajstić information content (AvgIpc) is 0. The maximum Gasteiger partial charge on any atom is 3.00 e. The molecule has 0 N–H and O–H groups in total. The largest absolute Gasteiger partial charge is 3.00 e. The minimum atomic E-state index is 0. The second-order valence-electron chi connectivity index (χ2n) is 0. The molecule has 352 valence electrons. The van der Waals surface area contributed by atoms with E-state index in [1.54, 1.807) is 0 Å². The van der Waals surface area contributed by atoms with E-state index in [4.69, 9.17) is 0 Å². The van der Waals surface area contributed by atoms with Crippen molar-refractivity contribution in [3.8, 4) is 0 Å². The Kier molecular flexibility index (Phi) is 41400. The molecule has 0 aliphatic rings. The van der Waals surface area contributed by atoms with Gasteiger partial charge < -0.3 is 241 Å². The van der Waals surface area contributed by atoms with Crippen molar-refractivity contribution < 1.29 is 241 Å². The minimum Gasteiger partial charge on any atom is -2.00 e. The fourth-order valence-corrected chi connectivity index (χ4v) is 0. The van der Waals surface area contributed by atoms with Gasteiger partial charge in [0.1, 0.15) is 0 Å². The summed E-state index contributed by atoms with van der Waals surface area (Å²) in [5.74, 6) is 0. The molecule has 0 aromatic carbocycles. The molecule has 0 saturated heterocycles. The zero-order valence-electron chi connectivity index (χ0n) is 37.5. The molecule has 0 aromatic heterocycles. The van der Waals surface area contributed by atoms with Gasteiger partial charge in [-0.25, -0.2) is 0 Å². The fourth-order valence-electron chi connectivity index (χ4n) is 0. The predicted molar refractivity (Wildman–Crippen MR) is 214 cm³/mol. The van der Waals surface area contributed by atoms with Crippen LogP contribution in [0.15, 0.2) is 0 Å². The molecule has 76 heteroatoms. The monoisotopic (exact) mass is 2100 g/mol. The van der Waals surface area contributed by atoms with Gasteiger partial charge in [0.15, 0.2) is 0 Å². The van der Waals surface area contributed by atoms with E-state index in [1.807, 2.05) is 0 Å². The number of hydrogen-bond acceptors (Lipinski definition) is 0. The predicted octanol–water partition coefficient (Wildman–Crippen LogP) is -17.4. The molecule has 0 spiro atoms. The molecule has 0 heterocycles. The minimum absolute atomic E-state index is 0. The van der Waals surface area contributed by atoms with Gasteiger partial charge in [-0.2, -0.15) is 0 Å². The van der Waals surface area contributed by atoms with Crippen molar-refractivity contribution in [1.29, 1.82) is 0 Å². The fraction of sp³-hybridized carbons (Fsp3) is 0. The summed E-state index contributed by atoms with van der Waals surface area (Å²) in [6.45, 7) is 0. The van der Waals surface area contributed by atoms with Gasteiger partial charge in [0.05, 0.1) is 0 Å². The van der Waals surface area contributed by atoms with E-state index in [-0.39, 0.29) is 1020 Å². The van der Waals surface area contributed by atoms with E-state index >= 15 is 0 Å². The summed E-state index contributed by atoms with van der Waals surface area (Å²) in [7, 11) is 0. The first kappa shape index (κ1) is 1800. The Balaban J connectivity index is 0. The van der Waals surface area contributed by atoms with Gasteiger partial charge in [0.25, 0.3) is 0 Å². The van der Waals surface area contributed by atoms with Gasteiger partial charge in [-0.3, -0.25) is 0 Å². The Bertz CT molecular complexity index is 105. The Morgan fingerprint density at radius 1 is 0.0526 bits per heavy atom. The second-order valence-corrected chi connectivity index (χ2v) is 0. The van der Waals surface area contributed by atoms with E-state index in [0.717, 1.165) is 0 Å². The van der Waals surface area contributed by atoms with Crippen LogP contribution in [0.25, 0.3) is 0 Å². The molecule has 0 bridgehead atoms. The van der Waals surface area contributed by atoms with Crippen LogP contribution in [-0.2, 0) is 241 Å². The van der Waals surface area contributed by atoms with Gasteiger partial charge in [-0.15, -0.1) is 0 Å². The summed E-state index contributed by atoms with van der Waals surface area (Å²) in [5, 5.41) is 0. The van der Waals surface area contributed by atoms with Crippen LogP contribution in [0.4, 0.5) is 0 Å². The summed E-state index contributed by atoms with van der Waals surface area (Å²) in [6.07, 6.45) is 0. The first-order chi connectivity index (χ1) is 0. The normalized spacial score (nSPS) is 0. The Morgan fingerprint density at radius 2 is 0.0526 bits per heavy atom. The van der Waals surface area contributed by atoms with Crippen LogP contribution < -0.4 is 0 Å². The van der Waals surface area contributed by atoms with Crippen molar-refractivity contribution >= 4 is 784 Å². The summed E-state index contributed by atoms with van der Waals surface area (Å²) in [6, 6.07) is 0. The van der Waals surface area contributed by atoms with Crippen molar-refractivity contribution in [1.82, 2.24) is 0 Å². The van der Waals surface area contributed by atoms with Gasteiger partial charge >= 0.3 is 784 Å². The third kappa shape index (κ3) is 1690. The van der Waals surface area contributed by atoms with E-state index in [1.165, 1.54) is 0 Å². The van der Waals surface area contributed by atoms with Crippen molar-refractivity contribution in [3.05, 3.63) is 0 Å². The quantitative estimate of drug-likeness (QED) is 0.204. The second kappa shape index (κ2) is 1750. The van der Waals surface area contributed by atoms with Gasteiger partial charge in [-0.1, -0.05) is 0 Å². The summed E-state index contributed by atoms with van der Waals surface area (Å²) >= 11 is 0. The average molecular weight is 2100 g/mol. The van der Waals surface area contributed by atoms with Crippen LogP contribution in [0.2, 0.25) is 0 Å². The molecule has 0 unspecified atom stereocenters. The summed E-state index contributed by atoms with van der Waals surface area (Å²) in [4.78, 5) is 0. The van der Waals surface area contributed by atoms with Gasteiger partial charge in [0, 0.05) is 0 Å². The van der Waals surface area contributed by atoms with Gasteiger partial charge in [-0.05, 0) is 0 Å². The van der Waals surface area contributed by atoms with Crippen LogP contribution in [0.3, 0.4) is 0 Å². The molecule has 0 atom stereocenters. The molecule has 76 heavy (non-hydrogen) atoms. The van der Waals surface area contributed by atoms with Crippen molar-refractivity contribution in [2.45, 2.75) is 0 Å². The molecule has 0 fully saturated rings. The first-order valence-corrected chi connectivity index (χ1v) is 0. The number of rotatable bonds is 0. The van der Waals surface area contributed by atoms with E-state index in [9.17, 15) is 0 Å². The zero-order chi connectivity index (χ0) is 0. The maximum absolute atomic E-state index is 0. The van der Waals surface area contributed by atoms with Crippen molar-refractivity contribution in [2.75, 3.05) is 0 Å². The molecule has 0 aliphatic heterocycles. The Labute approximate surface area is 998 Å². The SMILES string of the molecule is [Al+3].[Al+3].[Al+3].[Al+3].[Al+3].[Al+3].[Al+3].[Al+3].[Al+3].[Al+3].[Al+3].[Al+3].[Al+3].[Al+3].[Al+3].[Al+3].[Al+3].[Al+3].[Al+3].[Al+3].[Al+3].[Al+3].[Al+3].[Al+3].[Ba+2].[O-2].[O-2].[O-2].[O-2].[O-2].[O-2].[O-2].[O-2].[O-2].[O-2].[O-2].[O-2].[O-2].[O-2].[O-2].[O-2].[O-2].[O-2].[O-2].[O-2].[O-2].[O-2].[O-2].[O-2].[O-2].[O-2].[O-2].[O-2].[O-2].[O-2].[O-2].[O-2].[O-2].[O-2].[O-2].[O-2].[O-2].[O-2].[O-2].[O-2].[O-2].[O-2].[O-2].[O-2].[Sr+2].[Sr+2].[Sr+2].[Sr+2].[Sr+2].[Sr+2].[Sr+2]. The molecule has 0 rings (SSSR count). The van der Waals surface area contributed by atoms with Crippen LogP contribution >= 0.6 is 0 Å². The third-order valence-electron chi connectivity index (χ3n) is 0. The Morgan fingerprint density at radius 3 is 0.0526 bits per heavy atom. The van der Waals surface area contributed by atoms with Crippen LogP contribution in [0.5, 0.6) is 0 Å². The summed E-state index contributed by atoms with van der Waals surface area (Å²) < 4.78 is 0. The van der Waals surface area contributed by atoms with E-state index in [2.05, 4.69) is 0 Å². The summed E-state index contributed by atoms with van der Waals surface area (Å²) in [5.41, 5.74) is 0. The Hall–Kier alpha value is 23.0. The van der Waals surface area contributed by atoms with Crippen molar-refractivity contribution in [2.24, 2.45) is 0 Å². The van der Waals surface area contributed by atoms with Crippen molar-refractivity contribution in [3.63, 3.8) is 0 Å². The van der Waals surface area contributed by atoms with E-state index in [0.29, 0.717) is 0 Å². The van der Waals surface area contributed by atoms with E-state index < -0.39 is 0 Å². The zero-order valence-corrected chi connectivity index (χ0v) is 94.0. The molecule has 0 saturated carbocycles. The smallest absolute Gasteiger partial charge is 2.00 e. The molecule has 0 amide bonds. The van der Waals surface area contributed by atoms with Crippen LogP contribution in [0.1, 0.15) is 0 Å². The van der Waals surface area contributed by atoms with Crippen LogP contribution in [0, 0.1) is 0 Å². The first-order valence-electron chi connectivity index (χ1n) is 0. The molecule has 0 aliphatic carbocycles. The van der Waals surface area contributed by atoms with Crippen LogP contribution in [-0.4, -0.2) is 784 Å². The molecule has 44 nitrogen and oxygen atoms in total. The standard InChI is InChI=1S/24Al.Ba.44O.7Sr/q24*+3;+2;44*-2;7*+2. The molecule has 0 aromatic rings. The number of hydrogen-bond donors (Lipinski definition) is 0. The van der Waals surface area contributed by atoms with Gasteiger partial charge in [0.2, 0.25) is 0 Å². The molecular formula is Al24BaO44Sr7.